The van der Waals surface area contributed by atoms with Crippen LogP contribution in [0.5, 0.6) is 0 Å². The van der Waals surface area contributed by atoms with Crippen LogP contribution in [0, 0.1) is 24.4 Å². The van der Waals surface area contributed by atoms with Gasteiger partial charge >= 0.3 is 0 Å². The van der Waals surface area contributed by atoms with Gasteiger partial charge in [0.1, 0.15) is 0 Å². The Morgan fingerprint density at radius 1 is 0.839 bits per heavy atom. The number of furan rings is 1. The van der Waals surface area contributed by atoms with Crippen LogP contribution in [-0.2, 0) is 44.6 Å². The average molecular weight is 943 g/mol. The first-order chi connectivity index (χ1) is 29.5. The first-order valence-electron chi connectivity index (χ1n) is 23.4. The zero-order chi connectivity index (χ0) is 47.0. The summed E-state index contributed by atoms with van der Waals surface area (Å²) in [5.74, 6) is 0. The van der Waals surface area contributed by atoms with Gasteiger partial charge in [-0.1, -0.05) is 127 Å². The fourth-order valence-corrected chi connectivity index (χ4v) is 8.12. The number of aromatic nitrogens is 3. The summed E-state index contributed by atoms with van der Waals surface area (Å²) in [5, 5.41) is 2.02. The zero-order valence-electron chi connectivity index (χ0n) is 42.7. The second-order valence-electron chi connectivity index (χ2n) is 17.2. The molecule has 0 bridgehead atoms. The zero-order valence-corrected chi connectivity index (χ0v) is 37.1. The summed E-state index contributed by atoms with van der Waals surface area (Å²) in [5.41, 5.74) is 6.52. The molecule has 4 nitrogen and oxygen atoms in total. The molecule has 8 rings (SSSR count). The van der Waals surface area contributed by atoms with Crippen LogP contribution in [0.1, 0.15) is 94.5 Å². The van der Waals surface area contributed by atoms with Crippen LogP contribution >= 0.6 is 0 Å². The molecule has 0 atom stereocenters. The smallest absolute Gasteiger partial charge is 0.216 e. The summed E-state index contributed by atoms with van der Waals surface area (Å²) in [7, 11) is -1.70. The molecule has 56 heavy (non-hydrogen) atoms. The van der Waals surface area contributed by atoms with Gasteiger partial charge in [0.15, 0.2) is 0 Å². The number of rotatable bonds is 5. The summed E-state index contributed by atoms with van der Waals surface area (Å²) in [6.07, 6.45) is -1.48. The molecule has 1 radical (unpaired) electrons. The van der Waals surface area contributed by atoms with Gasteiger partial charge in [-0.05, 0) is 82.6 Å². The van der Waals surface area contributed by atoms with Crippen molar-refractivity contribution in [2.45, 2.75) is 105 Å². The number of aryl methyl sites for hydroxylation is 3. The standard InChI is InChI=1S/C31H29N2O.C19H26NSi.Ir/c1-19-9-14-24(27-17-21-7-5-6-8-22(21)18-32-27)29-28(19)25-15-16-26(33-30(25)34-29)20-10-12-23(13-11-20)31(2,3)4;1-19(2,3)13-16-12-17(15-10-8-7-9-11-15)20-14-18(16)21(4,5)6;/h9-13,15-18H,5-8H2,1-4H3;7-10,12,14H,13H2,1-6H3;/q2*-1;/i1D3,7D2,8D2;13D2;. The Balaban J connectivity index is 0.000000249. The predicted octanol–water partition coefficient (Wildman–Crippen LogP) is 12.7. The van der Waals surface area contributed by atoms with E-state index < -0.39 is 39.5 Å². The third-order valence-electron chi connectivity index (χ3n) is 9.58. The van der Waals surface area contributed by atoms with Gasteiger partial charge in [-0.3, -0.25) is 0 Å². The van der Waals surface area contributed by atoms with E-state index in [0.29, 0.717) is 27.7 Å². The quantitative estimate of drug-likeness (QED) is 0.127. The van der Waals surface area contributed by atoms with Crippen molar-refractivity contribution in [1.82, 2.24) is 15.0 Å². The minimum Gasteiger partial charge on any atom is -0.486 e. The van der Waals surface area contributed by atoms with Gasteiger partial charge in [-0.25, -0.2) is 4.98 Å². The van der Waals surface area contributed by atoms with Gasteiger partial charge in [0.2, 0.25) is 5.71 Å². The van der Waals surface area contributed by atoms with Gasteiger partial charge in [-0.15, -0.1) is 53.6 Å². The maximum Gasteiger partial charge on any atom is 0.216 e. The van der Waals surface area contributed by atoms with Crippen LogP contribution < -0.4 is 5.19 Å². The monoisotopic (exact) mass is 943 g/mol. The van der Waals surface area contributed by atoms with E-state index in [-0.39, 0.29) is 66.3 Å². The largest absolute Gasteiger partial charge is 0.486 e. The van der Waals surface area contributed by atoms with Crippen molar-refractivity contribution < 1.29 is 36.9 Å². The van der Waals surface area contributed by atoms with Crippen molar-refractivity contribution in [2.24, 2.45) is 5.41 Å². The van der Waals surface area contributed by atoms with Gasteiger partial charge in [0.25, 0.3) is 0 Å². The summed E-state index contributed by atoms with van der Waals surface area (Å²) in [6, 6.07) is 30.6. The van der Waals surface area contributed by atoms with E-state index in [0.717, 1.165) is 27.6 Å². The molecule has 0 aliphatic heterocycles. The number of benzene rings is 3. The van der Waals surface area contributed by atoms with Crippen LogP contribution in [0.3, 0.4) is 0 Å². The maximum absolute atomic E-state index is 8.75. The molecule has 7 aromatic rings. The average Bonchev–Trinajstić information content (AvgIpc) is 3.60. The Bertz CT molecular complexity index is 2860. The SMILES string of the molecule is [2H]C([2H])([2H])c1c[c-]c(-c2cc3c(cn2)C([2H])([2H])CCC3([2H])[2H])c2oc3nc(-c4ccc(C(C)(C)C)cc4)ccc3c12.[2H]C([2H])(c1cc(-c2[c-]cccc2)ncc1[Si](C)(C)C)C(C)(C)C.[Ir]. The van der Waals surface area contributed by atoms with Gasteiger partial charge in [-0.2, -0.15) is 0 Å². The molecule has 0 N–H and O–H groups in total. The summed E-state index contributed by atoms with van der Waals surface area (Å²) >= 11 is 0. The number of hydrogen-bond acceptors (Lipinski definition) is 4. The summed E-state index contributed by atoms with van der Waals surface area (Å²) < 4.78 is 82.0. The van der Waals surface area contributed by atoms with E-state index in [4.69, 9.17) is 21.7 Å². The molecular formula is C50H55IrN3OSi-2. The van der Waals surface area contributed by atoms with Crippen LogP contribution in [0.2, 0.25) is 19.6 Å². The number of hydrogen-bond donors (Lipinski definition) is 0. The van der Waals surface area contributed by atoms with E-state index in [1.54, 1.807) is 0 Å². The van der Waals surface area contributed by atoms with E-state index in [9.17, 15) is 0 Å². The Morgan fingerprint density at radius 3 is 2.23 bits per heavy atom. The fourth-order valence-electron chi connectivity index (χ4n) is 6.73. The first kappa shape index (κ1) is 30.9. The molecule has 4 aromatic heterocycles. The molecule has 0 fully saturated rings. The normalized spacial score (nSPS) is 17.8. The van der Waals surface area contributed by atoms with E-state index >= 15 is 0 Å². The first-order valence-corrected chi connectivity index (χ1v) is 22.4. The van der Waals surface area contributed by atoms with Crippen molar-refractivity contribution in [2.75, 3.05) is 0 Å². The molecule has 1 aliphatic carbocycles. The summed E-state index contributed by atoms with van der Waals surface area (Å²) in [4.78, 5) is 13.8. The van der Waals surface area contributed by atoms with Crippen molar-refractivity contribution in [3.8, 4) is 33.8 Å². The van der Waals surface area contributed by atoms with Crippen LogP contribution in [0.4, 0.5) is 0 Å². The second-order valence-corrected chi connectivity index (χ2v) is 22.3. The van der Waals surface area contributed by atoms with Crippen LogP contribution in [0.15, 0.2) is 95.7 Å². The van der Waals surface area contributed by atoms with Crippen molar-refractivity contribution in [1.29, 1.82) is 0 Å². The molecule has 0 spiro atoms. The molecule has 0 amide bonds. The molecule has 0 unspecified atom stereocenters. The third kappa shape index (κ3) is 9.15. The van der Waals surface area contributed by atoms with Crippen molar-refractivity contribution in [3.63, 3.8) is 0 Å². The molecule has 4 heterocycles. The molecule has 6 heteroatoms. The molecular weight excluding hydrogens is 879 g/mol. The number of nitrogens with zero attached hydrogens (tertiary/aromatic N) is 3. The van der Waals surface area contributed by atoms with Gasteiger partial charge in [0, 0.05) is 55.8 Å². The number of fused-ring (bicyclic) bond motifs is 4. The van der Waals surface area contributed by atoms with Gasteiger partial charge in [0.05, 0.1) is 19.4 Å². The number of pyridine rings is 3. The van der Waals surface area contributed by atoms with E-state index in [1.165, 1.54) is 23.9 Å². The molecule has 3 aromatic carbocycles. The fraction of sp³-hybridized carbons (Fsp3) is 0.340. The third-order valence-corrected chi connectivity index (χ3v) is 11.6. The Kier molecular flexibility index (Phi) is 9.00. The minimum atomic E-state index is -2.44. The predicted molar refractivity (Wildman–Crippen MR) is 234 cm³/mol. The summed E-state index contributed by atoms with van der Waals surface area (Å²) in [6.45, 7) is 16.6. The van der Waals surface area contributed by atoms with Crippen LogP contribution in [0.25, 0.3) is 55.8 Å². The van der Waals surface area contributed by atoms with Crippen molar-refractivity contribution in [3.05, 3.63) is 131 Å². The van der Waals surface area contributed by atoms with Crippen molar-refractivity contribution >= 4 is 35.3 Å². The Labute approximate surface area is 361 Å². The molecule has 291 valence electrons. The maximum atomic E-state index is 8.75. The molecule has 0 saturated heterocycles. The minimum absolute atomic E-state index is 0. The molecule has 0 saturated carbocycles. The second kappa shape index (κ2) is 16.3. The van der Waals surface area contributed by atoms with Crippen LogP contribution in [-0.4, -0.2) is 23.0 Å². The van der Waals surface area contributed by atoms with E-state index in [2.05, 4.69) is 74.6 Å². The van der Waals surface area contributed by atoms with E-state index in [1.807, 2.05) is 81.6 Å². The molecule has 1 aliphatic rings. The Hall–Kier alpha value is -4.22. The van der Waals surface area contributed by atoms with Gasteiger partial charge < -0.3 is 14.4 Å². The Morgan fingerprint density at radius 2 is 1.57 bits per heavy atom. The topological polar surface area (TPSA) is 51.8 Å².